The molecule has 0 unspecified atom stereocenters. The van der Waals surface area contributed by atoms with Crippen LogP contribution in [0.4, 0.5) is 19.0 Å². The summed E-state index contributed by atoms with van der Waals surface area (Å²) >= 11 is 0. The van der Waals surface area contributed by atoms with Crippen molar-refractivity contribution in [1.82, 2.24) is 15.0 Å². The number of rotatable bonds is 5. The number of alkyl halides is 3. The lowest BCUT2D eigenvalue weighted by molar-refractivity contribution is -0.141. The number of anilines is 1. The van der Waals surface area contributed by atoms with E-state index in [1.54, 1.807) is 18.3 Å². The highest BCUT2D eigenvalue weighted by molar-refractivity contribution is 5.56. The predicted octanol–water partition coefficient (Wildman–Crippen LogP) is 5.14. The van der Waals surface area contributed by atoms with Crippen LogP contribution < -0.4 is 5.32 Å². The van der Waals surface area contributed by atoms with Gasteiger partial charge in [0.15, 0.2) is 11.5 Å². The first-order chi connectivity index (χ1) is 14.5. The van der Waals surface area contributed by atoms with E-state index >= 15 is 0 Å². The molecule has 3 heterocycles. The van der Waals surface area contributed by atoms with Crippen LogP contribution in [0.1, 0.15) is 30.2 Å². The fourth-order valence-corrected chi connectivity index (χ4v) is 3.61. The Labute approximate surface area is 172 Å². The van der Waals surface area contributed by atoms with Gasteiger partial charge in [0.05, 0.1) is 6.10 Å². The molecule has 1 aliphatic heterocycles. The van der Waals surface area contributed by atoms with Crippen LogP contribution in [-0.4, -0.2) is 28.1 Å². The van der Waals surface area contributed by atoms with Gasteiger partial charge < -0.3 is 10.1 Å². The molecule has 156 valence electrons. The molecule has 0 spiro atoms. The van der Waals surface area contributed by atoms with E-state index in [0.717, 1.165) is 24.5 Å². The van der Waals surface area contributed by atoms with Gasteiger partial charge in [0.2, 0.25) is 0 Å². The minimum atomic E-state index is -4.57. The number of halogens is 3. The molecular weight excluding hydrogens is 393 g/mol. The van der Waals surface area contributed by atoms with E-state index in [4.69, 9.17) is 4.74 Å². The Morgan fingerprint density at radius 1 is 1.07 bits per heavy atom. The summed E-state index contributed by atoms with van der Waals surface area (Å²) in [4.78, 5) is 11.9. The molecule has 4 rings (SSSR count). The standard InChI is InChI=1S/C22H21F3N4O/c23-22(24,25)18-12-19(29-21(28-18)17-8-4-10-26-13-17)27-14-16-9-5-11-30-20(16)15-6-2-1-3-7-15/h1-4,6-8,10,12-13,16,20H,5,9,11,14H2,(H,27,28,29)/t16-,20+/m1/s1. The zero-order valence-electron chi connectivity index (χ0n) is 16.1. The van der Waals surface area contributed by atoms with Gasteiger partial charge in [-0.05, 0) is 30.5 Å². The molecule has 1 fully saturated rings. The van der Waals surface area contributed by atoms with Crippen LogP contribution in [0.5, 0.6) is 0 Å². The van der Waals surface area contributed by atoms with Crippen molar-refractivity contribution in [2.24, 2.45) is 5.92 Å². The number of hydrogen-bond acceptors (Lipinski definition) is 5. The van der Waals surface area contributed by atoms with E-state index in [-0.39, 0.29) is 23.7 Å². The van der Waals surface area contributed by atoms with Gasteiger partial charge in [0.1, 0.15) is 5.82 Å². The first kappa shape index (κ1) is 20.3. The van der Waals surface area contributed by atoms with Crippen molar-refractivity contribution in [3.05, 3.63) is 72.2 Å². The van der Waals surface area contributed by atoms with Crippen LogP contribution in [0.3, 0.4) is 0 Å². The Bertz CT molecular complexity index is 967. The second kappa shape index (κ2) is 8.79. The zero-order valence-corrected chi connectivity index (χ0v) is 16.1. The molecule has 8 heteroatoms. The van der Waals surface area contributed by atoms with Gasteiger partial charge in [-0.1, -0.05) is 30.3 Å². The maximum absolute atomic E-state index is 13.4. The third-order valence-electron chi connectivity index (χ3n) is 5.05. The molecule has 2 atom stereocenters. The molecule has 0 bridgehead atoms. The van der Waals surface area contributed by atoms with Gasteiger partial charge >= 0.3 is 6.18 Å². The largest absolute Gasteiger partial charge is 0.433 e. The summed E-state index contributed by atoms with van der Waals surface area (Å²) in [5.74, 6) is 0.237. The Hall–Kier alpha value is -3.00. The zero-order chi connectivity index (χ0) is 21.0. The van der Waals surface area contributed by atoms with Crippen molar-refractivity contribution in [3.8, 4) is 11.4 Å². The fraction of sp³-hybridized carbons (Fsp3) is 0.318. The molecule has 0 radical (unpaired) electrons. The van der Waals surface area contributed by atoms with Gasteiger partial charge in [0.25, 0.3) is 0 Å². The van der Waals surface area contributed by atoms with Crippen molar-refractivity contribution >= 4 is 5.82 Å². The number of aromatic nitrogens is 3. The van der Waals surface area contributed by atoms with Gasteiger partial charge in [-0.3, -0.25) is 4.98 Å². The summed E-state index contributed by atoms with van der Waals surface area (Å²) in [6.07, 6.45) is 0.140. The summed E-state index contributed by atoms with van der Waals surface area (Å²) < 4.78 is 46.1. The summed E-state index contributed by atoms with van der Waals surface area (Å²) in [6, 6.07) is 14.1. The van der Waals surface area contributed by atoms with Gasteiger partial charge in [0, 0.05) is 43.1 Å². The van der Waals surface area contributed by atoms with E-state index in [9.17, 15) is 13.2 Å². The van der Waals surface area contributed by atoms with E-state index in [1.165, 1.54) is 6.20 Å². The fourth-order valence-electron chi connectivity index (χ4n) is 3.61. The molecule has 3 aromatic rings. The first-order valence-corrected chi connectivity index (χ1v) is 9.78. The quantitative estimate of drug-likeness (QED) is 0.627. The Morgan fingerprint density at radius 3 is 2.63 bits per heavy atom. The monoisotopic (exact) mass is 414 g/mol. The predicted molar refractivity (Wildman–Crippen MR) is 107 cm³/mol. The summed E-state index contributed by atoms with van der Waals surface area (Å²) in [5.41, 5.74) is 0.506. The molecule has 2 aromatic heterocycles. The maximum Gasteiger partial charge on any atom is 0.433 e. The van der Waals surface area contributed by atoms with Crippen LogP contribution in [0, 0.1) is 5.92 Å². The van der Waals surface area contributed by atoms with Gasteiger partial charge in [-0.15, -0.1) is 0 Å². The average molecular weight is 414 g/mol. The molecule has 0 amide bonds. The van der Waals surface area contributed by atoms with Crippen LogP contribution >= 0.6 is 0 Å². The summed E-state index contributed by atoms with van der Waals surface area (Å²) in [6.45, 7) is 1.12. The highest BCUT2D eigenvalue weighted by Crippen LogP contribution is 2.34. The molecule has 1 N–H and O–H groups in total. The van der Waals surface area contributed by atoms with Crippen molar-refractivity contribution in [3.63, 3.8) is 0 Å². The van der Waals surface area contributed by atoms with Crippen molar-refractivity contribution in [2.45, 2.75) is 25.1 Å². The lowest BCUT2D eigenvalue weighted by Crippen LogP contribution is -2.28. The Kier molecular flexibility index (Phi) is 5.94. The topological polar surface area (TPSA) is 59.9 Å². The van der Waals surface area contributed by atoms with Crippen LogP contribution in [-0.2, 0) is 10.9 Å². The molecule has 5 nitrogen and oxygen atoms in total. The molecule has 0 aliphatic carbocycles. The number of benzene rings is 1. The van der Waals surface area contributed by atoms with Crippen LogP contribution in [0.2, 0.25) is 0 Å². The molecule has 1 aromatic carbocycles. The summed E-state index contributed by atoms with van der Waals surface area (Å²) in [7, 11) is 0. The number of pyridine rings is 1. The van der Waals surface area contributed by atoms with Crippen molar-refractivity contribution < 1.29 is 17.9 Å². The summed E-state index contributed by atoms with van der Waals surface area (Å²) in [5, 5.41) is 3.09. The van der Waals surface area contributed by atoms with Gasteiger partial charge in [-0.25, -0.2) is 9.97 Å². The number of hydrogen-bond donors (Lipinski definition) is 1. The third kappa shape index (κ3) is 4.76. The normalized spacial score (nSPS) is 19.4. The second-order valence-corrected chi connectivity index (χ2v) is 7.19. The van der Waals surface area contributed by atoms with E-state index in [0.29, 0.717) is 18.7 Å². The molecule has 1 aliphatic rings. The number of nitrogens with zero attached hydrogens (tertiary/aromatic N) is 3. The minimum Gasteiger partial charge on any atom is -0.373 e. The molecule has 0 saturated carbocycles. The average Bonchev–Trinajstić information content (AvgIpc) is 2.78. The molecule has 30 heavy (non-hydrogen) atoms. The van der Waals surface area contributed by atoms with Crippen molar-refractivity contribution in [2.75, 3.05) is 18.5 Å². The molecular formula is C22H21F3N4O. The third-order valence-corrected chi connectivity index (χ3v) is 5.05. The maximum atomic E-state index is 13.4. The van der Waals surface area contributed by atoms with Crippen molar-refractivity contribution in [1.29, 1.82) is 0 Å². The molecule has 1 saturated heterocycles. The Balaban J connectivity index is 1.57. The minimum absolute atomic E-state index is 0.0140. The van der Waals surface area contributed by atoms with Gasteiger partial charge in [-0.2, -0.15) is 13.2 Å². The highest BCUT2D eigenvalue weighted by atomic mass is 19.4. The lowest BCUT2D eigenvalue weighted by atomic mass is 9.89. The first-order valence-electron chi connectivity index (χ1n) is 9.78. The SMILES string of the molecule is FC(F)(F)c1cc(NC[C@H]2CCCO[C@H]2c2ccccc2)nc(-c2cccnc2)n1. The Morgan fingerprint density at radius 2 is 1.90 bits per heavy atom. The van der Waals surface area contributed by atoms with E-state index in [1.807, 2.05) is 30.3 Å². The highest BCUT2D eigenvalue weighted by Gasteiger charge is 2.34. The van der Waals surface area contributed by atoms with E-state index in [2.05, 4.69) is 20.3 Å². The number of nitrogens with one attached hydrogen (secondary N) is 1. The van der Waals surface area contributed by atoms with Crippen LogP contribution in [0.15, 0.2) is 60.9 Å². The number of ether oxygens (including phenoxy) is 1. The smallest absolute Gasteiger partial charge is 0.373 e. The second-order valence-electron chi connectivity index (χ2n) is 7.19. The van der Waals surface area contributed by atoms with Crippen LogP contribution in [0.25, 0.3) is 11.4 Å². The lowest BCUT2D eigenvalue weighted by Gasteiger charge is -2.32. The van der Waals surface area contributed by atoms with E-state index < -0.39 is 11.9 Å².